The van der Waals surface area contributed by atoms with E-state index in [2.05, 4.69) is 5.32 Å². The van der Waals surface area contributed by atoms with Gasteiger partial charge in [-0.25, -0.2) is 8.42 Å². The van der Waals surface area contributed by atoms with Gasteiger partial charge in [0.25, 0.3) is 10.0 Å². The van der Waals surface area contributed by atoms with Gasteiger partial charge in [-0.05, 0) is 81.6 Å². The van der Waals surface area contributed by atoms with E-state index >= 15 is 0 Å². The Morgan fingerprint density at radius 2 is 1.56 bits per heavy atom. The predicted octanol–water partition coefficient (Wildman–Crippen LogP) is 5.48. The molecule has 0 radical (unpaired) electrons. The standard InChI is InChI=1S/C30H36ClN3O4S/c1-6-23(4)32-30(36)24(5)33(19-25-12-10-21(2)11-13-25)29(35)20-34(27-9-7-8-22(3)18-27)39(37,38)28-16-14-26(31)15-17-28/h7-18,23-24H,6,19-20H2,1-5H3,(H,32,36)/t23-,24-/m1/s1. The summed E-state index contributed by atoms with van der Waals surface area (Å²) >= 11 is 6.00. The van der Waals surface area contributed by atoms with Crippen molar-refractivity contribution < 1.29 is 18.0 Å². The van der Waals surface area contributed by atoms with E-state index in [-0.39, 0.29) is 23.4 Å². The Kier molecular flexibility index (Phi) is 10.2. The number of hydrogen-bond donors (Lipinski definition) is 1. The van der Waals surface area contributed by atoms with E-state index in [1.54, 1.807) is 25.1 Å². The molecule has 3 rings (SSSR count). The number of hydrogen-bond acceptors (Lipinski definition) is 4. The number of aryl methyl sites for hydroxylation is 2. The number of halogens is 1. The number of nitrogens with one attached hydrogen (secondary N) is 1. The number of rotatable bonds is 11. The first-order chi connectivity index (χ1) is 18.4. The van der Waals surface area contributed by atoms with Crippen LogP contribution in [0.15, 0.2) is 77.7 Å². The predicted molar refractivity (Wildman–Crippen MR) is 156 cm³/mol. The highest BCUT2D eigenvalue weighted by Crippen LogP contribution is 2.26. The molecule has 1 N–H and O–H groups in total. The Balaban J connectivity index is 2.02. The normalized spacial score (nSPS) is 12.9. The molecule has 0 aliphatic heterocycles. The summed E-state index contributed by atoms with van der Waals surface area (Å²) in [5.41, 5.74) is 3.10. The molecule has 3 aromatic rings. The minimum atomic E-state index is -4.14. The zero-order valence-corrected chi connectivity index (χ0v) is 24.6. The Hall–Kier alpha value is -3.36. The summed E-state index contributed by atoms with van der Waals surface area (Å²) in [4.78, 5) is 28.5. The molecule has 0 saturated carbocycles. The Labute approximate surface area is 236 Å². The molecule has 2 amide bonds. The summed E-state index contributed by atoms with van der Waals surface area (Å²) < 4.78 is 28.8. The zero-order chi connectivity index (χ0) is 28.7. The fourth-order valence-corrected chi connectivity index (χ4v) is 5.52. The quantitative estimate of drug-likeness (QED) is 0.331. The van der Waals surface area contributed by atoms with Crippen molar-refractivity contribution in [3.8, 4) is 0 Å². The van der Waals surface area contributed by atoms with Gasteiger partial charge in [-0.15, -0.1) is 0 Å². The van der Waals surface area contributed by atoms with Crippen LogP contribution < -0.4 is 9.62 Å². The minimum absolute atomic E-state index is 0.00820. The molecule has 39 heavy (non-hydrogen) atoms. The first-order valence-electron chi connectivity index (χ1n) is 12.9. The van der Waals surface area contributed by atoms with E-state index in [1.165, 1.54) is 29.2 Å². The van der Waals surface area contributed by atoms with Gasteiger partial charge in [0, 0.05) is 17.6 Å². The van der Waals surface area contributed by atoms with Gasteiger partial charge in [0.1, 0.15) is 12.6 Å². The van der Waals surface area contributed by atoms with E-state index in [4.69, 9.17) is 11.6 Å². The van der Waals surface area contributed by atoms with Crippen LogP contribution in [0, 0.1) is 13.8 Å². The molecule has 0 heterocycles. The molecule has 0 spiro atoms. The first-order valence-corrected chi connectivity index (χ1v) is 14.7. The highest BCUT2D eigenvalue weighted by molar-refractivity contribution is 7.92. The lowest BCUT2D eigenvalue weighted by Crippen LogP contribution is -2.52. The van der Waals surface area contributed by atoms with Crippen LogP contribution in [-0.4, -0.2) is 43.8 Å². The molecule has 0 bridgehead atoms. The van der Waals surface area contributed by atoms with Gasteiger partial charge in [0.15, 0.2) is 0 Å². The average molecular weight is 570 g/mol. The molecule has 9 heteroatoms. The van der Waals surface area contributed by atoms with Crippen molar-refractivity contribution >= 4 is 39.1 Å². The Morgan fingerprint density at radius 1 is 0.923 bits per heavy atom. The maximum absolute atomic E-state index is 13.9. The molecule has 208 valence electrons. The number of carbonyl (C=O) groups excluding carboxylic acids is 2. The SMILES string of the molecule is CC[C@@H](C)NC(=O)[C@@H](C)N(Cc1ccc(C)cc1)C(=O)CN(c1cccc(C)c1)S(=O)(=O)c1ccc(Cl)cc1. The van der Waals surface area contributed by atoms with Crippen molar-refractivity contribution in [2.45, 2.75) is 64.6 Å². The molecular formula is C30H36ClN3O4S. The van der Waals surface area contributed by atoms with Gasteiger partial charge in [-0.1, -0.05) is 60.5 Å². The van der Waals surface area contributed by atoms with E-state index in [0.29, 0.717) is 10.7 Å². The minimum Gasteiger partial charge on any atom is -0.352 e. The maximum atomic E-state index is 13.9. The fourth-order valence-electron chi connectivity index (χ4n) is 3.98. The van der Waals surface area contributed by atoms with Crippen LogP contribution in [0.4, 0.5) is 5.69 Å². The van der Waals surface area contributed by atoms with Crippen molar-refractivity contribution in [3.63, 3.8) is 0 Å². The van der Waals surface area contributed by atoms with Crippen LogP contribution in [0.5, 0.6) is 0 Å². The monoisotopic (exact) mass is 569 g/mol. The summed E-state index contributed by atoms with van der Waals surface area (Å²) in [7, 11) is -4.14. The summed E-state index contributed by atoms with van der Waals surface area (Å²) in [5.74, 6) is -0.797. The Bertz CT molecular complexity index is 1390. The van der Waals surface area contributed by atoms with Gasteiger partial charge in [0.2, 0.25) is 11.8 Å². The lowest BCUT2D eigenvalue weighted by molar-refractivity contribution is -0.139. The van der Waals surface area contributed by atoms with Crippen LogP contribution >= 0.6 is 11.6 Å². The maximum Gasteiger partial charge on any atom is 0.264 e. The number of carbonyl (C=O) groups is 2. The largest absolute Gasteiger partial charge is 0.352 e. The smallest absolute Gasteiger partial charge is 0.264 e. The molecule has 0 aliphatic rings. The number of sulfonamides is 1. The second-order valence-electron chi connectivity index (χ2n) is 9.81. The van der Waals surface area contributed by atoms with Crippen molar-refractivity contribution in [1.82, 2.24) is 10.2 Å². The van der Waals surface area contributed by atoms with Gasteiger partial charge in [-0.3, -0.25) is 13.9 Å². The van der Waals surface area contributed by atoms with Crippen molar-refractivity contribution in [2.75, 3.05) is 10.8 Å². The fraction of sp³-hybridized carbons (Fsp3) is 0.333. The number of nitrogens with zero attached hydrogens (tertiary/aromatic N) is 2. The summed E-state index contributed by atoms with van der Waals surface area (Å²) in [5, 5.41) is 3.34. The zero-order valence-electron chi connectivity index (χ0n) is 23.0. The van der Waals surface area contributed by atoms with Crippen LogP contribution in [0.1, 0.15) is 43.9 Å². The van der Waals surface area contributed by atoms with E-state index < -0.39 is 28.5 Å². The van der Waals surface area contributed by atoms with Crippen LogP contribution in [0.2, 0.25) is 5.02 Å². The topological polar surface area (TPSA) is 86.8 Å². The average Bonchev–Trinajstić information content (AvgIpc) is 2.90. The first kappa shape index (κ1) is 30.2. The van der Waals surface area contributed by atoms with Crippen molar-refractivity contribution in [1.29, 1.82) is 0 Å². The lowest BCUT2D eigenvalue weighted by atomic mass is 10.1. The number of amides is 2. The van der Waals surface area contributed by atoms with Crippen molar-refractivity contribution in [3.05, 3.63) is 94.5 Å². The molecule has 7 nitrogen and oxygen atoms in total. The van der Waals surface area contributed by atoms with E-state index in [1.807, 2.05) is 58.0 Å². The third-order valence-electron chi connectivity index (χ3n) is 6.61. The highest BCUT2D eigenvalue weighted by atomic mass is 35.5. The number of benzene rings is 3. The molecule has 0 aliphatic carbocycles. The van der Waals surface area contributed by atoms with E-state index in [9.17, 15) is 18.0 Å². The molecule has 0 saturated heterocycles. The molecular weight excluding hydrogens is 534 g/mol. The van der Waals surface area contributed by atoms with Gasteiger partial charge in [0.05, 0.1) is 10.6 Å². The Morgan fingerprint density at radius 3 is 2.15 bits per heavy atom. The molecule has 3 aromatic carbocycles. The number of anilines is 1. The second kappa shape index (κ2) is 13.1. The molecule has 0 aromatic heterocycles. The molecule has 2 atom stereocenters. The lowest BCUT2D eigenvalue weighted by Gasteiger charge is -2.32. The van der Waals surface area contributed by atoms with Gasteiger partial charge >= 0.3 is 0 Å². The second-order valence-corrected chi connectivity index (χ2v) is 12.1. The van der Waals surface area contributed by atoms with Crippen LogP contribution in [-0.2, 0) is 26.2 Å². The van der Waals surface area contributed by atoms with E-state index in [0.717, 1.165) is 27.4 Å². The highest BCUT2D eigenvalue weighted by Gasteiger charge is 2.32. The van der Waals surface area contributed by atoms with Crippen molar-refractivity contribution in [2.24, 2.45) is 0 Å². The summed E-state index contributed by atoms with van der Waals surface area (Å²) in [6, 6.07) is 19.6. The molecule has 0 unspecified atom stereocenters. The third kappa shape index (κ3) is 7.83. The van der Waals surface area contributed by atoms with Gasteiger partial charge < -0.3 is 10.2 Å². The van der Waals surface area contributed by atoms with Crippen LogP contribution in [0.3, 0.4) is 0 Å². The van der Waals surface area contributed by atoms with Gasteiger partial charge in [-0.2, -0.15) is 0 Å². The summed E-state index contributed by atoms with van der Waals surface area (Å²) in [6.07, 6.45) is 0.741. The van der Waals surface area contributed by atoms with Crippen LogP contribution in [0.25, 0.3) is 0 Å². The molecule has 0 fully saturated rings. The summed E-state index contributed by atoms with van der Waals surface area (Å²) in [6.45, 7) is 9.01. The third-order valence-corrected chi connectivity index (χ3v) is 8.65.